The molecule has 2 aromatic carbocycles. The van der Waals surface area contributed by atoms with E-state index < -0.39 is 15.8 Å². The lowest BCUT2D eigenvalue weighted by Gasteiger charge is -2.07. The van der Waals surface area contributed by atoms with E-state index in [0.29, 0.717) is 11.1 Å². The molecule has 0 aromatic heterocycles. The van der Waals surface area contributed by atoms with E-state index >= 15 is 0 Å². The Morgan fingerprint density at radius 1 is 1.14 bits per heavy atom. The molecule has 0 aliphatic rings. The smallest absolute Gasteiger partial charge is 0.207 e. The quantitative estimate of drug-likeness (QED) is 0.697. The number of aryl methyl sites for hydroxylation is 2. The van der Waals surface area contributed by atoms with Gasteiger partial charge in [-0.25, -0.2) is 9.22 Å². The van der Waals surface area contributed by atoms with E-state index in [2.05, 4.69) is 9.93 Å². The van der Waals surface area contributed by atoms with Gasteiger partial charge < -0.3 is 0 Å². The largest absolute Gasteiger partial charge is 0.276 e. The first-order chi connectivity index (χ1) is 9.88. The molecule has 0 fully saturated rings. The summed E-state index contributed by atoms with van der Waals surface area (Å²) >= 11 is 0. The summed E-state index contributed by atoms with van der Waals surface area (Å²) in [5, 5.41) is 3.67. The second kappa shape index (κ2) is 6.05. The number of hydrazone groups is 1. The Bertz CT molecular complexity index is 786. The number of halogens is 1. The van der Waals surface area contributed by atoms with E-state index in [1.807, 2.05) is 13.0 Å². The Labute approximate surface area is 123 Å². The van der Waals surface area contributed by atoms with Crippen LogP contribution in [0.3, 0.4) is 0 Å². The van der Waals surface area contributed by atoms with Gasteiger partial charge in [0.05, 0.1) is 11.1 Å². The number of benzene rings is 2. The number of nitrogens with zero attached hydrogens (tertiary/aromatic N) is 1. The van der Waals surface area contributed by atoms with Crippen molar-refractivity contribution < 1.29 is 12.8 Å². The van der Waals surface area contributed by atoms with E-state index in [0.717, 1.165) is 5.56 Å². The molecule has 0 spiro atoms. The van der Waals surface area contributed by atoms with Crippen LogP contribution in [0.2, 0.25) is 0 Å². The predicted molar refractivity (Wildman–Crippen MR) is 80.2 cm³/mol. The molecule has 21 heavy (non-hydrogen) atoms. The SMILES string of the molecule is Cc1ccc(C)c(S(=O)(=O)N/N=C\c2cccc(F)c2)c1. The predicted octanol–water partition coefficient (Wildman–Crippen LogP) is 2.75. The van der Waals surface area contributed by atoms with Crippen LogP contribution < -0.4 is 4.83 Å². The van der Waals surface area contributed by atoms with E-state index in [4.69, 9.17) is 0 Å². The van der Waals surface area contributed by atoms with E-state index in [1.165, 1.54) is 24.4 Å². The Morgan fingerprint density at radius 3 is 2.62 bits per heavy atom. The van der Waals surface area contributed by atoms with Gasteiger partial charge in [-0.3, -0.25) is 0 Å². The summed E-state index contributed by atoms with van der Waals surface area (Å²) in [5.41, 5.74) is 1.95. The zero-order valence-electron chi connectivity index (χ0n) is 11.7. The fraction of sp³-hybridized carbons (Fsp3) is 0.133. The van der Waals surface area contributed by atoms with Crippen molar-refractivity contribution in [3.63, 3.8) is 0 Å². The lowest BCUT2D eigenvalue weighted by molar-refractivity contribution is 0.584. The van der Waals surface area contributed by atoms with Crippen molar-refractivity contribution in [3.05, 3.63) is 65.0 Å². The topological polar surface area (TPSA) is 58.5 Å². The first-order valence-electron chi connectivity index (χ1n) is 6.26. The molecule has 2 rings (SSSR count). The molecule has 110 valence electrons. The molecule has 0 bridgehead atoms. The average molecular weight is 306 g/mol. The fourth-order valence-corrected chi connectivity index (χ4v) is 2.93. The molecular formula is C15H15FN2O2S. The summed E-state index contributed by atoms with van der Waals surface area (Å²) in [6.07, 6.45) is 1.26. The number of hydrogen-bond donors (Lipinski definition) is 1. The van der Waals surface area contributed by atoms with Gasteiger partial charge >= 0.3 is 0 Å². The molecule has 0 unspecified atom stereocenters. The van der Waals surface area contributed by atoms with Gasteiger partial charge in [-0.2, -0.15) is 13.5 Å². The number of nitrogens with one attached hydrogen (secondary N) is 1. The van der Waals surface area contributed by atoms with Gasteiger partial charge in [0.25, 0.3) is 10.0 Å². The van der Waals surface area contributed by atoms with Crippen molar-refractivity contribution in [2.24, 2.45) is 5.10 Å². The molecule has 0 saturated heterocycles. The number of hydrogen-bond acceptors (Lipinski definition) is 3. The van der Waals surface area contributed by atoms with Crippen LogP contribution in [0.15, 0.2) is 52.5 Å². The van der Waals surface area contributed by atoms with Crippen LogP contribution in [-0.2, 0) is 10.0 Å². The summed E-state index contributed by atoms with van der Waals surface area (Å²) in [6, 6.07) is 10.9. The molecule has 0 amide bonds. The van der Waals surface area contributed by atoms with Crippen molar-refractivity contribution in [2.45, 2.75) is 18.7 Å². The lowest BCUT2D eigenvalue weighted by atomic mass is 10.2. The van der Waals surface area contributed by atoms with Crippen LogP contribution in [0.5, 0.6) is 0 Å². The standard InChI is InChI=1S/C15H15FN2O2S/c1-11-6-7-12(2)15(8-11)21(19,20)18-17-10-13-4-3-5-14(16)9-13/h3-10,18H,1-2H3/b17-10-. The normalized spacial score (nSPS) is 11.8. The van der Waals surface area contributed by atoms with Crippen LogP contribution in [0.4, 0.5) is 4.39 Å². The zero-order valence-corrected chi connectivity index (χ0v) is 12.5. The molecule has 4 nitrogen and oxygen atoms in total. The first-order valence-corrected chi connectivity index (χ1v) is 7.74. The highest BCUT2D eigenvalue weighted by molar-refractivity contribution is 7.89. The third kappa shape index (κ3) is 3.88. The third-order valence-corrected chi connectivity index (χ3v) is 4.23. The first kappa shape index (κ1) is 15.2. The molecular weight excluding hydrogens is 291 g/mol. The van der Waals surface area contributed by atoms with Gasteiger partial charge in [0.15, 0.2) is 0 Å². The maximum absolute atomic E-state index is 13.0. The maximum Gasteiger partial charge on any atom is 0.276 e. The summed E-state index contributed by atoms with van der Waals surface area (Å²) in [4.78, 5) is 2.31. The molecule has 0 saturated carbocycles. The summed E-state index contributed by atoms with van der Waals surface area (Å²) in [5.74, 6) is -0.406. The van der Waals surface area contributed by atoms with Crippen molar-refractivity contribution in [1.82, 2.24) is 4.83 Å². The van der Waals surface area contributed by atoms with Gasteiger partial charge in [-0.15, -0.1) is 0 Å². The van der Waals surface area contributed by atoms with Crippen LogP contribution >= 0.6 is 0 Å². The molecule has 0 aliphatic carbocycles. The van der Waals surface area contributed by atoms with Crippen molar-refractivity contribution in [3.8, 4) is 0 Å². The molecule has 6 heteroatoms. The molecule has 1 N–H and O–H groups in total. The monoisotopic (exact) mass is 306 g/mol. The Hall–Kier alpha value is -2.21. The Morgan fingerprint density at radius 2 is 1.90 bits per heavy atom. The minimum atomic E-state index is -3.74. The Balaban J connectivity index is 2.20. The van der Waals surface area contributed by atoms with Gasteiger partial charge in [-0.1, -0.05) is 24.3 Å². The second-order valence-electron chi connectivity index (χ2n) is 4.68. The van der Waals surface area contributed by atoms with Gasteiger partial charge in [0, 0.05) is 0 Å². The van der Waals surface area contributed by atoms with E-state index in [9.17, 15) is 12.8 Å². The highest BCUT2D eigenvalue weighted by Gasteiger charge is 2.15. The minimum Gasteiger partial charge on any atom is -0.207 e. The maximum atomic E-state index is 13.0. The van der Waals surface area contributed by atoms with Crippen LogP contribution in [0.25, 0.3) is 0 Å². The van der Waals surface area contributed by atoms with Crippen LogP contribution in [0, 0.1) is 19.7 Å². The molecule has 2 aromatic rings. The summed E-state index contributed by atoms with van der Waals surface area (Å²) in [7, 11) is -3.74. The summed E-state index contributed by atoms with van der Waals surface area (Å²) in [6.45, 7) is 3.53. The third-order valence-electron chi connectivity index (χ3n) is 2.87. The van der Waals surface area contributed by atoms with Gasteiger partial charge in [0.1, 0.15) is 5.82 Å². The minimum absolute atomic E-state index is 0.180. The fourth-order valence-electron chi connectivity index (χ4n) is 1.80. The number of rotatable bonds is 4. The zero-order chi connectivity index (χ0) is 15.5. The van der Waals surface area contributed by atoms with E-state index in [-0.39, 0.29) is 4.90 Å². The Kier molecular flexibility index (Phi) is 4.37. The average Bonchev–Trinajstić information content (AvgIpc) is 2.41. The number of sulfonamides is 1. The van der Waals surface area contributed by atoms with Crippen molar-refractivity contribution in [2.75, 3.05) is 0 Å². The summed E-state index contributed by atoms with van der Waals surface area (Å²) < 4.78 is 37.3. The van der Waals surface area contributed by atoms with Gasteiger partial charge in [0.2, 0.25) is 0 Å². The van der Waals surface area contributed by atoms with Crippen molar-refractivity contribution >= 4 is 16.2 Å². The highest BCUT2D eigenvalue weighted by Crippen LogP contribution is 2.16. The molecule has 0 heterocycles. The van der Waals surface area contributed by atoms with E-state index in [1.54, 1.807) is 25.1 Å². The second-order valence-corrected chi connectivity index (χ2v) is 6.31. The lowest BCUT2D eigenvalue weighted by Crippen LogP contribution is -2.19. The molecule has 0 aliphatic heterocycles. The van der Waals surface area contributed by atoms with Crippen molar-refractivity contribution in [1.29, 1.82) is 0 Å². The molecule has 0 radical (unpaired) electrons. The van der Waals surface area contributed by atoms with Crippen LogP contribution in [0.1, 0.15) is 16.7 Å². The highest BCUT2D eigenvalue weighted by atomic mass is 32.2. The molecule has 0 atom stereocenters. The van der Waals surface area contributed by atoms with Crippen LogP contribution in [-0.4, -0.2) is 14.6 Å². The van der Waals surface area contributed by atoms with Gasteiger partial charge in [-0.05, 0) is 48.7 Å².